The first-order valence-corrected chi connectivity index (χ1v) is 7.36. The molecule has 1 atom stereocenters. The van der Waals surface area contributed by atoms with Crippen LogP contribution in [-0.2, 0) is 7.05 Å². The van der Waals surface area contributed by atoms with Crippen molar-refractivity contribution in [2.24, 2.45) is 7.05 Å². The third-order valence-electron chi connectivity index (χ3n) is 3.69. The van der Waals surface area contributed by atoms with Crippen molar-refractivity contribution in [3.63, 3.8) is 0 Å². The lowest BCUT2D eigenvalue weighted by Crippen LogP contribution is -2.45. The molecule has 1 saturated heterocycles. The molecule has 1 fully saturated rings. The van der Waals surface area contributed by atoms with Gasteiger partial charge in [0.25, 0.3) is 0 Å². The summed E-state index contributed by atoms with van der Waals surface area (Å²) in [4.78, 5) is 13.3. The van der Waals surface area contributed by atoms with Crippen molar-refractivity contribution in [1.29, 1.82) is 0 Å². The van der Waals surface area contributed by atoms with Gasteiger partial charge in [-0.2, -0.15) is 4.80 Å². The smallest absolute Gasteiger partial charge is 0.319 e. The molecule has 4 N–H and O–H groups in total. The summed E-state index contributed by atoms with van der Waals surface area (Å²) in [7, 11) is 1.69. The monoisotopic (exact) mass is 317 g/mol. The summed E-state index contributed by atoms with van der Waals surface area (Å²) in [6, 6.07) is 6.81. The van der Waals surface area contributed by atoms with E-state index in [9.17, 15) is 9.90 Å². The van der Waals surface area contributed by atoms with Crippen LogP contribution in [0.2, 0.25) is 0 Å². The molecule has 0 bridgehead atoms. The molecule has 2 heterocycles. The number of carbonyl (C=O) groups is 1. The van der Waals surface area contributed by atoms with E-state index in [4.69, 9.17) is 0 Å². The van der Waals surface area contributed by atoms with Crippen LogP contribution in [-0.4, -0.2) is 56.6 Å². The van der Waals surface area contributed by atoms with E-state index in [0.717, 1.165) is 12.1 Å². The van der Waals surface area contributed by atoms with E-state index < -0.39 is 5.60 Å². The van der Waals surface area contributed by atoms with Crippen LogP contribution in [0.3, 0.4) is 0 Å². The Bertz CT molecular complexity index is 694. The van der Waals surface area contributed by atoms with Crippen LogP contribution >= 0.6 is 0 Å². The lowest BCUT2D eigenvalue weighted by molar-refractivity contribution is 0.0640. The second-order valence-corrected chi connectivity index (χ2v) is 5.64. The molecule has 1 aliphatic heterocycles. The summed E-state index contributed by atoms with van der Waals surface area (Å²) in [5.41, 5.74) is 0.501. The number of nitrogens with zero attached hydrogens (tertiary/aromatic N) is 4. The van der Waals surface area contributed by atoms with Gasteiger partial charge < -0.3 is 21.1 Å². The van der Waals surface area contributed by atoms with E-state index in [1.165, 1.54) is 4.80 Å². The van der Waals surface area contributed by atoms with Gasteiger partial charge in [0.05, 0.1) is 12.6 Å². The quantitative estimate of drug-likeness (QED) is 0.616. The minimum absolute atomic E-state index is 0.206. The molecule has 3 rings (SSSR count). The van der Waals surface area contributed by atoms with Crippen LogP contribution in [0.15, 0.2) is 24.3 Å². The zero-order valence-electron chi connectivity index (χ0n) is 12.8. The van der Waals surface area contributed by atoms with E-state index in [0.29, 0.717) is 24.5 Å². The van der Waals surface area contributed by atoms with Gasteiger partial charge in [-0.3, -0.25) is 0 Å². The molecular weight excluding hydrogens is 298 g/mol. The number of benzene rings is 1. The third kappa shape index (κ3) is 3.82. The largest absolute Gasteiger partial charge is 0.387 e. The number of nitrogens with one attached hydrogen (secondary N) is 3. The van der Waals surface area contributed by atoms with Gasteiger partial charge in [-0.05, 0) is 30.3 Å². The van der Waals surface area contributed by atoms with Crippen LogP contribution in [0.4, 0.5) is 10.5 Å². The van der Waals surface area contributed by atoms with Gasteiger partial charge in [-0.25, -0.2) is 4.79 Å². The molecule has 1 aromatic heterocycles. The normalized spacial score (nSPS) is 20.4. The minimum Gasteiger partial charge on any atom is -0.387 e. The predicted molar refractivity (Wildman–Crippen MR) is 83.7 cm³/mol. The molecule has 23 heavy (non-hydrogen) atoms. The summed E-state index contributed by atoms with van der Waals surface area (Å²) in [5.74, 6) is 0.489. The number of aromatic nitrogens is 4. The number of aryl methyl sites for hydroxylation is 1. The molecule has 0 aliphatic carbocycles. The Morgan fingerprint density at radius 3 is 3.09 bits per heavy atom. The third-order valence-corrected chi connectivity index (χ3v) is 3.69. The Morgan fingerprint density at radius 2 is 2.39 bits per heavy atom. The zero-order chi connectivity index (χ0) is 16.3. The first-order chi connectivity index (χ1) is 11.0. The standard InChI is InChI=1S/C14H19N7O2/c1-21-19-12(18-20-21)10-3-2-4-11(7-10)17-13(22)16-9-14(23)5-6-15-8-14/h2-4,7,15,23H,5-6,8-9H2,1H3,(H2,16,17,22)/t14-/m1/s1. The van der Waals surface area contributed by atoms with Gasteiger partial charge in [-0.15, -0.1) is 10.2 Å². The maximum absolute atomic E-state index is 12.0. The number of hydrogen-bond acceptors (Lipinski definition) is 6. The summed E-state index contributed by atoms with van der Waals surface area (Å²) < 4.78 is 0. The number of carbonyl (C=O) groups excluding carboxylic acids is 1. The molecule has 2 amide bonds. The highest BCUT2D eigenvalue weighted by atomic mass is 16.3. The number of amides is 2. The average molecular weight is 317 g/mol. The van der Waals surface area contributed by atoms with Crippen molar-refractivity contribution >= 4 is 11.7 Å². The highest BCUT2D eigenvalue weighted by Crippen LogP contribution is 2.18. The molecule has 1 aliphatic rings. The second-order valence-electron chi connectivity index (χ2n) is 5.64. The predicted octanol–water partition coefficient (Wildman–Crippen LogP) is -0.277. The Balaban J connectivity index is 1.60. The van der Waals surface area contributed by atoms with Crippen molar-refractivity contribution in [3.8, 4) is 11.4 Å². The van der Waals surface area contributed by atoms with Gasteiger partial charge in [0.15, 0.2) is 0 Å². The van der Waals surface area contributed by atoms with Crippen molar-refractivity contribution < 1.29 is 9.90 Å². The van der Waals surface area contributed by atoms with Crippen LogP contribution in [0.1, 0.15) is 6.42 Å². The number of rotatable bonds is 4. The fraction of sp³-hybridized carbons (Fsp3) is 0.429. The topological polar surface area (TPSA) is 117 Å². The summed E-state index contributed by atoms with van der Waals surface area (Å²) in [6.07, 6.45) is 0.626. The van der Waals surface area contributed by atoms with E-state index in [1.807, 2.05) is 6.07 Å². The first kappa shape index (κ1) is 15.4. The van der Waals surface area contributed by atoms with E-state index >= 15 is 0 Å². The SMILES string of the molecule is Cn1nnc(-c2cccc(NC(=O)NC[C@@]3(O)CCNC3)c2)n1. The molecule has 9 heteroatoms. The van der Waals surface area contributed by atoms with Crippen LogP contribution in [0.25, 0.3) is 11.4 Å². The van der Waals surface area contributed by atoms with Crippen molar-refractivity contribution in [2.75, 3.05) is 25.0 Å². The Labute approximate surface area is 133 Å². The molecule has 9 nitrogen and oxygen atoms in total. The fourth-order valence-corrected chi connectivity index (χ4v) is 2.44. The van der Waals surface area contributed by atoms with E-state index in [2.05, 4.69) is 31.4 Å². The first-order valence-electron chi connectivity index (χ1n) is 7.36. The summed E-state index contributed by atoms with van der Waals surface area (Å²) >= 11 is 0. The Hall–Kier alpha value is -2.52. The second kappa shape index (κ2) is 6.31. The Kier molecular flexibility index (Phi) is 4.22. The maximum Gasteiger partial charge on any atom is 0.319 e. The molecule has 1 aromatic carbocycles. The van der Waals surface area contributed by atoms with Gasteiger partial charge >= 0.3 is 6.03 Å². The van der Waals surface area contributed by atoms with Crippen LogP contribution < -0.4 is 16.0 Å². The molecule has 122 valence electrons. The molecule has 0 saturated carbocycles. The molecule has 0 radical (unpaired) electrons. The number of urea groups is 1. The Morgan fingerprint density at radius 1 is 1.52 bits per heavy atom. The number of hydrogen-bond donors (Lipinski definition) is 4. The van der Waals surface area contributed by atoms with Gasteiger partial charge in [0.2, 0.25) is 5.82 Å². The van der Waals surface area contributed by atoms with Crippen LogP contribution in [0, 0.1) is 0 Å². The van der Waals surface area contributed by atoms with Gasteiger partial charge in [0, 0.05) is 24.3 Å². The minimum atomic E-state index is -0.872. The highest BCUT2D eigenvalue weighted by molar-refractivity contribution is 5.89. The zero-order valence-corrected chi connectivity index (χ0v) is 12.8. The molecule has 2 aromatic rings. The summed E-state index contributed by atoms with van der Waals surface area (Å²) in [6.45, 7) is 1.45. The molecular formula is C14H19N7O2. The lowest BCUT2D eigenvalue weighted by atomic mass is 10.0. The number of β-amino-alcohol motifs (C(OH)–C–C–N with tert-alkyl or cyclic N) is 1. The van der Waals surface area contributed by atoms with Crippen molar-refractivity contribution in [1.82, 2.24) is 30.8 Å². The number of anilines is 1. The van der Waals surface area contributed by atoms with E-state index in [-0.39, 0.29) is 12.6 Å². The maximum atomic E-state index is 12.0. The van der Waals surface area contributed by atoms with E-state index in [1.54, 1.807) is 25.2 Å². The van der Waals surface area contributed by atoms with Gasteiger partial charge in [-0.1, -0.05) is 12.1 Å². The molecule has 0 spiro atoms. The molecule has 0 unspecified atom stereocenters. The average Bonchev–Trinajstić information content (AvgIpc) is 3.15. The summed E-state index contributed by atoms with van der Waals surface area (Å²) in [5, 5.41) is 30.5. The highest BCUT2D eigenvalue weighted by Gasteiger charge is 2.31. The number of tetrazole rings is 1. The lowest BCUT2D eigenvalue weighted by Gasteiger charge is -2.21. The van der Waals surface area contributed by atoms with Crippen LogP contribution in [0.5, 0.6) is 0 Å². The van der Waals surface area contributed by atoms with Crippen molar-refractivity contribution in [3.05, 3.63) is 24.3 Å². The van der Waals surface area contributed by atoms with Gasteiger partial charge in [0.1, 0.15) is 0 Å². The number of aliphatic hydroxyl groups is 1. The van der Waals surface area contributed by atoms with Crippen molar-refractivity contribution in [2.45, 2.75) is 12.0 Å². The fourth-order valence-electron chi connectivity index (χ4n) is 2.44.